The molecule has 1 atom stereocenters. The Hall–Kier alpha value is -1.69. The van der Waals surface area contributed by atoms with Gasteiger partial charge in [0.05, 0.1) is 5.25 Å². The Morgan fingerprint density at radius 3 is 2.38 bits per heavy atom. The molecule has 0 unspecified atom stereocenters. The molecule has 0 aliphatic rings. The van der Waals surface area contributed by atoms with Gasteiger partial charge in [0, 0.05) is 18.8 Å². The van der Waals surface area contributed by atoms with E-state index in [0.29, 0.717) is 19.5 Å². The minimum absolute atomic E-state index is 0.0215. The summed E-state index contributed by atoms with van der Waals surface area (Å²) in [5.41, 5.74) is 0.715. The second-order valence-electron chi connectivity index (χ2n) is 6.51. The summed E-state index contributed by atoms with van der Waals surface area (Å²) in [5.74, 6) is 0.837. The molecule has 0 radical (unpaired) electrons. The van der Waals surface area contributed by atoms with Crippen molar-refractivity contribution in [3.63, 3.8) is 0 Å². The lowest BCUT2D eigenvalue weighted by Gasteiger charge is -2.19. The maximum Gasteiger partial charge on any atom is 0.407 e. The van der Waals surface area contributed by atoms with E-state index in [4.69, 9.17) is 4.74 Å². The first-order chi connectivity index (χ1) is 11.3. The van der Waals surface area contributed by atoms with Crippen molar-refractivity contribution >= 4 is 23.8 Å². The van der Waals surface area contributed by atoms with Gasteiger partial charge in [0.1, 0.15) is 5.60 Å². The van der Waals surface area contributed by atoms with Crippen molar-refractivity contribution in [2.75, 3.05) is 13.1 Å². The molecule has 0 fully saturated rings. The molecule has 0 saturated carbocycles. The predicted octanol–water partition coefficient (Wildman–Crippen LogP) is 3.34. The number of hydrogen-bond donors (Lipinski definition) is 2. The molecular formula is C18H28N2O3S. The number of carbonyl (C=O) groups excluding carboxylic acids is 2. The number of nitrogens with one attached hydrogen (secondary N) is 2. The molecule has 1 aromatic carbocycles. The Balaban J connectivity index is 2.11. The number of carbonyl (C=O) groups is 2. The molecule has 1 aromatic rings. The van der Waals surface area contributed by atoms with E-state index < -0.39 is 11.7 Å². The molecule has 134 valence electrons. The maximum absolute atomic E-state index is 12.0. The number of benzene rings is 1. The van der Waals surface area contributed by atoms with Crippen molar-refractivity contribution in [2.45, 2.75) is 50.7 Å². The van der Waals surface area contributed by atoms with E-state index in [1.807, 2.05) is 45.9 Å². The van der Waals surface area contributed by atoms with E-state index in [9.17, 15) is 9.59 Å². The SMILES string of the molecule is C[C@H](SCc1ccccc1)C(=O)NCCCNC(=O)OC(C)(C)C. The second-order valence-corrected chi connectivity index (χ2v) is 7.84. The minimum Gasteiger partial charge on any atom is -0.444 e. The van der Waals surface area contributed by atoms with E-state index in [1.165, 1.54) is 5.56 Å². The van der Waals surface area contributed by atoms with Crippen LogP contribution >= 0.6 is 11.8 Å². The third kappa shape index (κ3) is 9.45. The Morgan fingerprint density at radius 1 is 1.12 bits per heavy atom. The molecule has 2 amide bonds. The Bertz CT molecular complexity index is 515. The number of ether oxygens (including phenoxy) is 1. The average Bonchev–Trinajstić information content (AvgIpc) is 2.51. The van der Waals surface area contributed by atoms with Gasteiger partial charge in [-0.05, 0) is 39.7 Å². The summed E-state index contributed by atoms with van der Waals surface area (Å²) >= 11 is 1.61. The number of thioether (sulfide) groups is 1. The average molecular weight is 353 g/mol. The zero-order chi connectivity index (χ0) is 18.0. The van der Waals surface area contributed by atoms with Crippen molar-refractivity contribution in [2.24, 2.45) is 0 Å². The minimum atomic E-state index is -0.496. The molecular weight excluding hydrogens is 324 g/mol. The highest BCUT2D eigenvalue weighted by Gasteiger charge is 2.16. The highest BCUT2D eigenvalue weighted by Crippen LogP contribution is 2.17. The molecule has 0 aromatic heterocycles. The third-order valence-electron chi connectivity index (χ3n) is 3.03. The Labute approximate surface area is 148 Å². The van der Waals surface area contributed by atoms with Crippen LogP contribution in [-0.4, -0.2) is 35.9 Å². The van der Waals surface area contributed by atoms with Crippen LogP contribution in [0.2, 0.25) is 0 Å². The largest absolute Gasteiger partial charge is 0.444 e. The fourth-order valence-corrected chi connectivity index (χ4v) is 2.69. The summed E-state index contributed by atoms with van der Waals surface area (Å²) < 4.78 is 5.14. The van der Waals surface area contributed by atoms with Gasteiger partial charge in [-0.1, -0.05) is 30.3 Å². The maximum atomic E-state index is 12.0. The summed E-state index contributed by atoms with van der Waals surface area (Å²) in [6.45, 7) is 8.37. The van der Waals surface area contributed by atoms with E-state index in [-0.39, 0.29) is 11.2 Å². The molecule has 0 heterocycles. The lowest BCUT2D eigenvalue weighted by atomic mass is 10.2. The predicted molar refractivity (Wildman–Crippen MR) is 99.1 cm³/mol. The van der Waals surface area contributed by atoms with Crippen LogP contribution in [0.5, 0.6) is 0 Å². The molecule has 0 saturated heterocycles. The van der Waals surface area contributed by atoms with E-state index >= 15 is 0 Å². The van der Waals surface area contributed by atoms with Gasteiger partial charge in [0.15, 0.2) is 0 Å². The van der Waals surface area contributed by atoms with Crippen LogP contribution in [-0.2, 0) is 15.3 Å². The molecule has 0 spiro atoms. The standard InChI is InChI=1S/C18H28N2O3S/c1-14(24-13-15-9-6-5-7-10-15)16(21)19-11-8-12-20-17(22)23-18(2,3)4/h5-7,9-10,14H,8,11-13H2,1-4H3,(H,19,21)(H,20,22)/t14-/m0/s1. The van der Waals surface area contributed by atoms with Crippen molar-refractivity contribution in [3.8, 4) is 0 Å². The summed E-state index contributed by atoms with van der Waals surface area (Å²) in [5, 5.41) is 5.45. The lowest BCUT2D eigenvalue weighted by Crippen LogP contribution is -2.36. The van der Waals surface area contributed by atoms with E-state index in [2.05, 4.69) is 22.8 Å². The summed E-state index contributed by atoms with van der Waals surface area (Å²) in [7, 11) is 0. The van der Waals surface area contributed by atoms with Gasteiger partial charge >= 0.3 is 6.09 Å². The Morgan fingerprint density at radius 2 is 1.75 bits per heavy atom. The van der Waals surface area contributed by atoms with Gasteiger partial charge in [0.2, 0.25) is 5.91 Å². The molecule has 0 aliphatic heterocycles. The zero-order valence-electron chi connectivity index (χ0n) is 14.9. The van der Waals surface area contributed by atoms with Crippen molar-refractivity contribution < 1.29 is 14.3 Å². The molecule has 0 bridgehead atoms. The fourth-order valence-electron chi connectivity index (χ4n) is 1.82. The van der Waals surface area contributed by atoms with Crippen LogP contribution in [0.1, 0.15) is 39.7 Å². The van der Waals surface area contributed by atoms with Gasteiger partial charge in [-0.15, -0.1) is 11.8 Å². The zero-order valence-corrected chi connectivity index (χ0v) is 15.7. The molecule has 0 aliphatic carbocycles. The first-order valence-electron chi connectivity index (χ1n) is 8.18. The van der Waals surface area contributed by atoms with E-state index in [1.54, 1.807) is 11.8 Å². The summed E-state index contributed by atoms with van der Waals surface area (Å²) in [6, 6.07) is 10.1. The topological polar surface area (TPSA) is 67.4 Å². The number of hydrogen-bond acceptors (Lipinski definition) is 4. The van der Waals surface area contributed by atoms with Gasteiger partial charge < -0.3 is 15.4 Å². The first kappa shape index (κ1) is 20.4. The summed E-state index contributed by atoms with van der Waals surface area (Å²) in [6.07, 6.45) is 0.238. The molecule has 6 heteroatoms. The fraction of sp³-hybridized carbons (Fsp3) is 0.556. The van der Waals surface area contributed by atoms with Gasteiger partial charge in [-0.3, -0.25) is 4.79 Å². The van der Waals surface area contributed by atoms with Gasteiger partial charge in [-0.2, -0.15) is 0 Å². The first-order valence-corrected chi connectivity index (χ1v) is 9.23. The second kappa shape index (κ2) is 10.2. The normalized spacial score (nSPS) is 12.3. The molecule has 2 N–H and O–H groups in total. The smallest absolute Gasteiger partial charge is 0.407 e. The van der Waals surface area contributed by atoms with Crippen LogP contribution in [0.3, 0.4) is 0 Å². The van der Waals surface area contributed by atoms with Crippen molar-refractivity contribution in [1.82, 2.24) is 10.6 Å². The van der Waals surface area contributed by atoms with Crippen LogP contribution in [0.4, 0.5) is 4.79 Å². The van der Waals surface area contributed by atoms with Crippen LogP contribution < -0.4 is 10.6 Å². The summed E-state index contributed by atoms with van der Waals surface area (Å²) in [4.78, 5) is 23.5. The highest BCUT2D eigenvalue weighted by molar-refractivity contribution is 7.99. The van der Waals surface area contributed by atoms with Gasteiger partial charge in [-0.25, -0.2) is 4.79 Å². The molecule has 24 heavy (non-hydrogen) atoms. The van der Waals surface area contributed by atoms with Crippen molar-refractivity contribution in [1.29, 1.82) is 0 Å². The lowest BCUT2D eigenvalue weighted by molar-refractivity contribution is -0.120. The number of alkyl carbamates (subject to hydrolysis) is 1. The van der Waals surface area contributed by atoms with E-state index in [0.717, 1.165) is 5.75 Å². The van der Waals surface area contributed by atoms with Crippen molar-refractivity contribution in [3.05, 3.63) is 35.9 Å². The quantitative estimate of drug-likeness (QED) is 0.704. The monoisotopic (exact) mass is 352 g/mol. The highest BCUT2D eigenvalue weighted by atomic mass is 32.2. The third-order valence-corrected chi connectivity index (χ3v) is 4.25. The van der Waals surface area contributed by atoms with Gasteiger partial charge in [0.25, 0.3) is 0 Å². The number of amides is 2. The Kier molecular flexibility index (Phi) is 8.68. The van der Waals surface area contributed by atoms with Crippen LogP contribution in [0.25, 0.3) is 0 Å². The molecule has 1 rings (SSSR count). The number of rotatable bonds is 8. The van der Waals surface area contributed by atoms with Crippen LogP contribution in [0.15, 0.2) is 30.3 Å². The van der Waals surface area contributed by atoms with Crippen LogP contribution in [0, 0.1) is 0 Å². The molecule has 5 nitrogen and oxygen atoms in total.